The Kier molecular flexibility index (Phi) is 3.02. The Bertz CT molecular complexity index is 312. The van der Waals surface area contributed by atoms with E-state index in [-0.39, 0.29) is 5.56 Å². The highest BCUT2D eigenvalue weighted by Gasteiger charge is 2.09. The number of benzene rings is 1. The number of carboxylic acid groups (broad SMARTS) is 1. The molecule has 0 amide bonds. The molecule has 0 fully saturated rings. The second kappa shape index (κ2) is 3.84. The molecule has 64 valence electrons. The van der Waals surface area contributed by atoms with Gasteiger partial charge >= 0.3 is 5.97 Å². The first-order valence-corrected chi connectivity index (χ1v) is 4.75. The van der Waals surface area contributed by atoms with Gasteiger partial charge in [0.1, 0.15) is 5.82 Å². The van der Waals surface area contributed by atoms with Crippen LogP contribution < -0.4 is 0 Å². The van der Waals surface area contributed by atoms with Crippen LogP contribution in [0.3, 0.4) is 0 Å². The summed E-state index contributed by atoms with van der Waals surface area (Å²) < 4.78 is 13.5. The molecule has 4 heteroatoms. The zero-order valence-electron chi connectivity index (χ0n) is 6.05. The lowest BCUT2D eigenvalue weighted by molar-refractivity contribution is 0.0692. The van der Waals surface area contributed by atoms with Gasteiger partial charge in [-0.2, -0.15) is 0 Å². The van der Waals surface area contributed by atoms with Crippen LogP contribution in [0.4, 0.5) is 4.39 Å². The average molecular weight is 280 g/mol. The van der Waals surface area contributed by atoms with Gasteiger partial charge in [0.2, 0.25) is 0 Å². The topological polar surface area (TPSA) is 37.3 Å². The highest BCUT2D eigenvalue weighted by atomic mass is 127. The highest BCUT2D eigenvalue weighted by molar-refractivity contribution is 14.1. The fourth-order valence-corrected chi connectivity index (χ4v) is 1.29. The van der Waals surface area contributed by atoms with Gasteiger partial charge in [-0.15, -0.1) is 0 Å². The fraction of sp³-hybridized carbons (Fsp3) is 0.125. The van der Waals surface area contributed by atoms with Gasteiger partial charge in [-0.1, -0.05) is 28.7 Å². The van der Waals surface area contributed by atoms with Gasteiger partial charge < -0.3 is 5.11 Å². The summed E-state index contributed by atoms with van der Waals surface area (Å²) in [5, 5.41) is 8.54. The van der Waals surface area contributed by atoms with Crippen molar-refractivity contribution in [3.05, 3.63) is 35.1 Å². The van der Waals surface area contributed by atoms with Crippen molar-refractivity contribution >= 4 is 28.6 Å². The monoisotopic (exact) mass is 280 g/mol. The molecule has 0 bridgehead atoms. The molecule has 0 aromatic heterocycles. The number of hydrogen-bond acceptors (Lipinski definition) is 1. The molecule has 0 saturated heterocycles. The second-order valence-electron chi connectivity index (χ2n) is 2.25. The molecule has 1 N–H and O–H groups in total. The van der Waals surface area contributed by atoms with Gasteiger partial charge in [-0.05, 0) is 17.7 Å². The Balaban J connectivity index is 3.17. The van der Waals surface area contributed by atoms with E-state index in [1.807, 2.05) is 0 Å². The van der Waals surface area contributed by atoms with Gasteiger partial charge in [0, 0.05) is 4.43 Å². The normalized spacial score (nSPS) is 9.83. The third-order valence-corrected chi connectivity index (χ3v) is 2.30. The van der Waals surface area contributed by atoms with Gasteiger partial charge in [0.25, 0.3) is 0 Å². The lowest BCUT2D eigenvalue weighted by Gasteiger charge is -1.99. The van der Waals surface area contributed by atoms with Crippen LogP contribution >= 0.6 is 22.6 Å². The Morgan fingerprint density at radius 1 is 1.58 bits per heavy atom. The molecule has 0 heterocycles. The fourth-order valence-electron chi connectivity index (χ4n) is 0.819. The molecule has 1 aromatic carbocycles. The Labute approximate surface area is 82.5 Å². The number of halogens is 2. The van der Waals surface area contributed by atoms with E-state index in [1.165, 1.54) is 12.1 Å². The number of hydrogen-bond donors (Lipinski definition) is 1. The van der Waals surface area contributed by atoms with E-state index in [0.717, 1.165) is 5.56 Å². The number of aromatic carboxylic acids is 1. The van der Waals surface area contributed by atoms with Crippen molar-refractivity contribution in [3.8, 4) is 0 Å². The summed E-state index contributed by atoms with van der Waals surface area (Å²) in [6.07, 6.45) is 0. The van der Waals surface area contributed by atoms with E-state index in [9.17, 15) is 9.18 Å². The van der Waals surface area contributed by atoms with Crippen LogP contribution in [-0.4, -0.2) is 11.1 Å². The minimum atomic E-state index is -1.22. The van der Waals surface area contributed by atoms with Crippen LogP contribution in [0.2, 0.25) is 0 Å². The van der Waals surface area contributed by atoms with E-state index in [0.29, 0.717) is 4.43 Å². The maximum atomic E-state index is 12.8. The maximum absolute atomic E-state index is 12.8. The summed E-state index contributed by atoms with van der Waals surface area (Å²) in [7, 11) is 0. The van der Waals surface area contributed by atoms with Gasteiger partial charge in [0.05, 0.1) is 5.56 Å². The first-order chi connectivity index (χ1) is 5.65. The van der Waals surface area contributed by atoms with Crippen molar-refractivity contribution in [2.45, 2.75) is 4.43 Å². The third kappa shape index (κ3) is 1.94. The minimum Gasteiger partial charge on any atom is -0.478 e. The van der Waals surface area contributed by atoms with E-state index < -0.39 is 11.8 Å². The van der Waals surface area contributed by atoms with Crippen molar-refractivity contribution in [3.63, 3.8) is 0 Å². The van der Waals surface area contributed by atoms with Crippen LogP contribution in [0.15, 0.2) is 18.2 Å². The van der Waals surface area contributed by atoms with Gasteiger partial charge in [-0.3, -0.25) is 0 Å². The molecule has 0 atom stereocenters. The lowest BCUT2D eigenvalue weighted by atomic mass is 10.1. The molecule has 0 aliphatic rings. The summed E-state index contributed by atoms with van der Waals surface area (Å²) in [6.45, 7) is 0. The Morgan fingerprint density at radius 2 is 2.25 bits per heavy atom. The van der Waals surface area contributed by atoms with Crippen LogP contribution in [0.5, 0.6) is 0 Å². The van der Waals surface area contributed by atoms with Crippen molar-refractivity contribution in [1.82, 2.24) is 0 Å². The van der Waals surface area contributed by atoms with Crippen molar-refractivity contribution in [2.75, 3.05) is 0 Å². The smallest absolute Gasteiger partial charge is 0.338 e. The summed E-state index contributed by atoms with van der Waals surface area (Å²) in [5.74, 6) is -1.91. The Hall–Kier alpha value is -0.650. The zero-order valence-corrected chi connectivity index (χ0v) is 8.21. The molecule has 0 radical (unpaired) electrons. The summed E-state index contributed by atoms with van der Waals surface area (Å²) in [5.41, 5.74) is 0.554. The predicted molar refractivity (Wildman–Crippen MR) is 51.1 cm³/mol. The number of alkyl halides is 1. The maximum Gasteiger partial charge on any atom is 0.338 e. The van der Waals surface area contributed by atoms with E-state index in [1.54, 1.807) is 6.07 Å². The van der Waals surface area contributed by atoms with Crippen molar-refractivity contribution in [1.29, 1.82) is 0 Å². The minimum absolute atomic E-state index is 0.260. The van der Waals surface area contributed by atoms with E-state index >= 15 is 0 Å². The molecule has 0 spiro atoms. The second-order valence-corrected chi connectivity index (χ2v) is 3.02. The molecule has 0 aliphatic heterocycles. The molecular formula is C8H6FIO2. The molecule has 0 saturated carbocycles. The van der Waals surface area contributed by atoms with Crippen LogP contribution in [0, 0.1) is 5.82 Å². The standard InChI is InChI=1S/C8H6FIO2/c9-7-2-1-5(4-10)3-6(7)8(11)12/h1-3H,4H2,(H,11,12). The quantitative estimate of drug-likeness (QED) is 0.667. The number of rotatable bonds is 2. The summed E-state index contributed by atoms with van der Waals surface area (Å²) in [6, 6.07) is 4.11. The predicted octanol–water partition coefficient (Wildman–Crippen LogP) is 2.46. The van der Waals surface area contributed by atoms with Crippen molar-refractivity contribution < 1.29 is 14.3 Å². The largest absolute Gasteiger partial charge is 0.478 e. The lowest BCUT2D eigenvalue weighted by Crippen LogP contribution is -2.00. The molecule has 0 unspecified atom stereocenters. The van der Waals surface area contributed by atoms with Crippen LogP contribution in [0.25, 0.3) is 0 Å². The zero-order chi connectivity index (χ0) is 9.14. The third-order valence-electron chi connectivity index (χ3n) is 1.42. The van der Waals surface area contributed by atoms with Crippen LogP contribution in [0.1, 0.15) is 15.9 Å². The number of carbonyl (C=O) groups is 1. The molecule has 0 aliphatic carbocycles. The van der Waals surface area contributed by atoms with Gasteiger partial charge in [0.15, 0.2) is 0 Å². The van der Waals surface area contributed by atoms with E-state index in [2.05, 4.69) is 22.6 Å². The molecule has 2 nitrogen and oxygen atoms in total. The van der Waals surface area contributed by atoms with Gasteiger partial charge in [-0.25, -0.2) is 9.18 Å². The first-order valence-electron chi connectivity index (χ1n) is 3.23. The SMILES string of the molecule is O=C(O)c1cc(CI)ccc1F. The molecule has 1 aromatic rings. The molecule has 12 heavy (non-hydrogen) atoms. The van der Waals surface area contributed by atoms with Crippen LogP contribution in [-0.2, 0) is 4.43 Å². The van der Waals surface area contributed by atoms with Crippen molar-refractivity contribution in [2.24, 2.45) is 0 Å². The molecule has 1 rings (SSSR count). The average Bonchev–Trinajstić information content (AvgIpc) is 2.05. The number of carboxylic acids is 1. The van der Waals surface area contributed by atoms with E-state index in [4.69, 9.17) is 5.11 Å². The molecular weight excluding hydrogens is 274 g/mol. The summed E-state index contributed by atoms with van der Waals surface area (Å²) >= 11 is 2.09. The Morgan fingerprint density at radius 3 is 2.75 bits per heavy atom. The first kappa shape index (κ1) is 9.44. The summed E-state index contributed by atoms with van der Waals surface area (Å²) in [4.78, 5) is 10.4. The highest BCUT2D eigenvalue weighted by Crippen LogP contribution is 2.12.